The summed E-state index contributed by atoms with van der Waals surface area (Å²) in [6.45, 7) is 4.53. The zero-order valence-corrected chi connectivity index (χ0v) is 11.8. The smallest absolute Gasteiger partial charge is 0.325 e. The van der Waals surface area contributed by atoms with Crippen LogP contribution in [-0.2, 0) is 11.3 Å². The number of hydrogen-bond donors (Lipinski definition) is 2. The number of aliphatic carboxylic acids is 1. The summed E-state index contributed by atoms with van der Waals surface area (Å²) in [5.74, 6) is -0.844. The Labute approximate surface area is 116 Å². The molecule has 3 nitrogen and oxygen atoms in total. The van der Waals surface area contributed by atoms with Gasteiger partial charge in [0.15, 0.2) is 0 Å². The second kappa shape index (κ2) is 5.99. The number of nitrogens with one attached hydrogen (secondary N) is 1. The van der Waals surface area contributed by atoms with Crippen LogP contribution in [0.2, 0.25) is 0 Å². The predicted octanol–water partition coefficient (Wildman–Crippen LogP) is 3.28. The Morgan fingerprint density at radius 3 is 2.74 bits per heavy atom. The van der Waals surface area contributed by atoms with Gasteiger partial charge in [-0.3, -0.25) is 10.1 Å². The number of carboxylic acid groups (broad SMARTS) is 1. The Balaban J connectivity index is 2.17. The largest absolute Gasteiger partial charge is 0.480 e. The molecule has 1 aromatic heterocycles. The lowest BCUT2D eigenvalue weighted by atomic mass is 9.99. The third-order valence-corrected chi connectivity index (χ3v) is 3.92. The normalized spacial score (nSPS) is 12.3. The van der Waals surface area contributed by atoms with Crippen molar-refractivity contribution < 1.29 is 9.90 Å². The maximum atomic E-state index is 11.4. The second-order valence-corrected chi connectivity index (χ2v) is 5.62. The summed E-state index contributed by atoms with van der Waals surface area (Å²) in [5, 5.41) is 14.5. The SMILES string of the molecule is Cc1ccc(C(NCc2cccs2)C(=O)O)c(C)c1. The molecule has 4 heteroatoms. The van der Waals surface area contributed by atoms with Crippen LogP contribution in [0.4, 0.5) is 0 Å². The fourth-order valence-electron chi connectivity index (χ4n) is 2.10. The first-order valence-electron chi connectivity index (χ1n) is 6.13. The first kappa shape index (κ1) is 13.8. The highest BCUT2D eigenvalue weighted by molar-refractivity contribution is 7.09. The Morgan fingerprint density at radius 2 is 2.16 bits per heavy atom. The van der Waals surface area contributed by atoms with Gasteiger partial charge >= 0.3 is 5.97 Å². The van der Waals surface area contributed by atoms with Crippen LogP contribution < -0.4 is 5.32 Å². The van der Waals surface area contributed by atoms with Crippen LogP contribution in [0.1, 0.15) is 27.6 Å². The Bertz CT molecular complexity index is 564. The minimum Gasteiger partial charge on any atom is -0.480 e. The Hall–Kier alpha value is -1.65. The summed E-state index contributed by atoms with van der Waals surface area (Å²) in [4.78, 5) is 12.6. The highest BCUT2D eigenvalue weighted by atomic mass is 32.1. The minimum absolute atomic E-state index is 0.571. The van der Waals surface area contributed by atoms with Crippen molar-refractivity contribution in [2.45, 2.75) is 26.4 Å². The van der Waals surface area contributed by atoms with Gasteiger partial charge in [-0.25, -0.2) is 0 Å². The minimum atomic E-state index is -0.844. The average Bonchev–Trinajstić information content (AvgIpc) is 2.84. The van der Waals surface area contributed by atoms with Gasteiger partial charge in [-0.15, -0.1) is 11.3 Å². The molecule has 0 amide bonds. The molecule has 0 saturated carbocycles. The van der Waals surface area contributed by atoms with E-state index >= 15 is 0 Å². The van der Waals surface area contributed by atoms with E-state index in [9.17, 15) is 9.90 Å². The molecule has 0 spiro atoms. The zero-order chi connectivity index (χ0) is 13.8. The lowest BCUT2D eigenvalue weighted by Gasteiger charge is -2.17. The molecule has 0 bridgehead atoms. The fraction of sp³-hybridized carbons (Fsp3) is 0.267. The summed E-state index contributed by atoms with van der Waals surface area (Å²) in [6, 6.07) is 9.16. The molecule has 0 aliphatic rings. The molecule has 2 N–H and O–H groups in total. The molecule has 2 aromatic rings. The number of hydrogen-bond acceptors (Lipinski definition) is 3. The third-order valence-electron chi connectivity index (χ3n) is 3.04. The monoisotopic (exact) mass is 275 g/mol. The fourth-order valence-corrected chi connectivity index (χ4v) is 2.75. The average molecular weight is 275 g/mol. The molecule has 1 aromatic carbocycles. The van der Waals surface area contributed by atoms with Gasteiger partial charge in [0, 0.05) is 11.4 Å². The van der Waals surface area contributed by atoms with Crippen molar-refractivity contribution in [1.29, 1.82) is 0 Å². The van der Waals surface area contributed by atoms with Crippen LogP contribution in [0.5, 0.6) is 0 Å². The van der Waals surface area contributed by atoms with E-state index in [1.807, 2.05) is 49.6 Å². The number of aryl methyl sites for hydroxylation is 2. The van der Waals surface area contributed by atoms with Gasteiger partial charge in [-0.2, -0.15) is 0 Å². The number of thiophene rings is 1. The van der Waals surface area contributed by atoms with Crippen molar-refractivity contribution in [3.05, 3.63) is 57.3 Å². The van der Waals surface area contributed by atoms with E-state index in [1.165, 1.54) is 0 Å². The van der Waals surface area contributed by atoms with Crippen molar-refractivity contribution in [1.82, 2.24) is 5.32 Å². The van der Waals surface area contributed by atoms with Crippen LogP contribution in [0.3, 0.4) is 0 Å². The van der Waals surface area contributed by atoms with Crippen molar-refractivity contribution in [2.75, 3.05) is 0 Å². The first-order valence-corrected chi connectivity index (χ1v) is 7.01. The summed E-state index contributed by atoms with van der Waals surface area (Å²) >= 11 is 1.62. The number of benzene rings is 1. The lowest BCUT2D eigenvalue weighted by molar-refractivity contribution is -0.139. The van der Waals surface area contributed by atoms with Gasteiger partial charge in [0.25, 0.3) is 0 Å². The number of rotatable bonds is 5. The molecule has 1 atom stereocenters. The molecule has 19 heavy (non-hydrogen) atoms. The maximum Gasteiger partial charge on any atom is 0.325 e. The quantitative estimate of drug-likeness (QED) is 0.880. The zero-order valence-electron chi connectivity index (χ0n) is 11.0. The van der Waals surface area contributed by atoms with Crippen LogP contribution in [-0.4, -0.2) is 11.1 Å². The standard InChI is InChI=1S/C15H17NO2S/c1-10-5-6-13(11(2)8-10)14(15(17)18)16-9-12-4-3-7-19-12/h3-8,14,16H,9H2,1-2H3,(H,17,18). The van der Waals surface area contributed by atoms with Crippen molar-refractivity contribution in [3.63, 3.8) is 0 Å². The molecule has 100 valence electrons. The van der Waals surface area contributed by atoms with E-state index in [1.54, 1.807) is 11.3 Å². The summed E-state index contributed by atoms with van der Waals surface area (Å²) < 4.78 is 0. The van der Waals surface area contributed by atoms with Crippen molar-refractivity contribution in [3.8, 4) is 0 Å². The third kappa shape index (κ3) is 3.43. The first-order chi connectivity index (χ1) is 9.08. The number of carboxylic acids is 1. The topological polar surface area (TPSA) is 49.3 Å². The van der Waals surface area contributed by atoms with Crippen LogP contribution in [0.15, 0.2) is 35.7 Å². The summed E-state index contributed by atoms with van der Waals surface area (Å²) in [6.07, 6.45) is 0. The van der Waals surface area contributed by atoms with Gasteiger partial charge in [-0.1, -0.05) is 29.8 Å². The van der Waals surface area contributed by atoms with Crippen LogP contribution in [0.25, 0.3) is 0 Å². The molecule has 0 saturated heterocycles. The molecule has 1 unspecified atom stereocenters. The van der Waals surface area contributed by atoms with Gasteiger partial charge in [-0.05, 0) is 36.4 Å². The van der Waals surface area contributed by atoms with Crippen molar-refractivity contribution >= 4 is 17.3 Å². The van der Waals surface area contributed by atoms with Gasteiger partial charge in [0.1, 0.15) is 6.04 Å². The second-order valence-electron chi connectivity index (χ2n) is 4.59. The van der Waals surface area contributed by atoms with Gasteiger partial charge in [0.2, 0.25) is 0 Å². The Kier molecular flexibility index (Phi) is 4.35. The number of carbonyl (C=O) groups is 1. The maximum absolute atomic E-state index is 11.4. The molecule has 2 rings (SSSR count). The molecular formula is C15H17NO2S. The molecule has 1 heterocycles. The van der Waals surface area contributed by atoms with Crippen LogP contribution in [0, 0.1) is 13.8 Å². The predicted molar refractivity (Wildman–Crippen MR) is 77.5 cm³/mol. The summed E-state index contributed by atoms with van der Waals surface area (Å²) in [7, 11) is 0. The molecule has 0 fully saturated rings. The van der Waals surface area contributed by atoms with E-state index in [2.05, 4.69) is 5.32 Å². The van der Waals surface area contributed by atoms with E-state index in [0.29, 0.717) is 6.54 Å². The summed E-state index contributed by atoms with van der Waals surface area (Å²) in [5.41, 5.74) is 2.98. The van der Waals surface area contributed by atoms with E-state index < -0.39 is 12.0 Å². The lowest BCUT2D eigenvalue weighted by Crippen LogP contribution is -2.28. The van der Waals surface area contributed by atoms with Crippen LogP contribution >= 0.6 is 11.3 Å². The molecule has 0 aliphatic carbocycles. The molecular weight excluding hydrogens is 258 g/mol. The van der Waals surface area contributed by atoms with E-state index in [0.717, 1.165) is 21.6 Å². The Morgan fingerprint density at radius 1 is 1.37 bits per heavy atom. The van der Waals surface area contributed by atoms with Crippen molar-refractivity contribution in [2.24, 2.45) is 0 Å². The van der Waals surface area contributed by atoms with Gasteiger partial charge in [0.05, 0.1) is 0 Å². The van der Waals surface area contributed by atoms with E-state index in [-0.39, 0.29) is 0 Å². The molecule has 0 aliphatic heterocycles. The molecule has 0 radical (unpaired) electrons. The van der Waals surface area contributed by atoms with E-state index in [4.69, 9.17) is 0 Å². The highest BCUT2D eigenvalue weighted by Gasteiger charge is 2.20. The van der Waals surface area contributed by atoms with Gasteiger partial charge < -0.3 is 5.11 Å². The highest BCUT2D eigenvalue weighted by Crippen LogP contribution is 2.20.